The van der Waals surface area contributed by atoms with Crippen LogP contribution in [0.5, 0.6) is 0 Å². The molecule has 0 aliphatic carbocycles. The second-order valence-corrected chi connectivity index (χ2v) is 4.69. The zero-order valence-electron chi connectivity index (χ0n) is 13.5. The largest absolute Gasteiger partial charge is 0.463 e. The van der Waals surface area contributed by atoms with Crippen LogP contribution in [0, 0.1) is 5.92 Å². The molecule has 0 spiro atoms. The first kappa shape index (κ1) is 17.7. The van der Waals surface area contributed by atoms with Crippen LogP contribution in [0.3, 0.4) is 0 Å². The van der Waals surface area contributed by atoms with E-state index in [0.29, 0.717) is 11.4 Å². The van der Waals surface area contributed by atoms with Crippen molar-refractivity contribution in [3.63, 3.8) is 0 Å². The smallest absolute Gasteiger partial charge is 0.336 e. The number of rotatable bonds is 5. The third-order valence-electron chi connectivity index (χ3n) is 3.26. The summed E-state index contributed by atoms with van der Waals surface area (Å²) in [4.78, 5) is 36.7. The van der Waals surface area contributed by atoms with E-state index in [1.54, 1.807) is 27.7 Å². The van der Waals surface area contributed by atoms with Crippen LogP contribution in [0.2, 0.25) is 0 Å². The summed E-state index contributed by atoms with van der Waals surface area (Å²) in [6.07, 6.45) is 0. The number of carbonyl (C=O) groups excluding carboxylic acids is 3. The molecule has 0 atom stereocenters. The summed E-state index contributed by atoms with van der Waals surface area (Å²) in [6.45, 7) is 7.01. The van der Waals surface area contributed by atoms with Gasteiger partial charge in [-0.1, -0.05) is 0 Å². The van der Waals surface area contributed by atoms with Crippen molar-refractivity contribution in [1.82, 2.24) is 10.6 Å². The van der Waals surface area contributed by atoms with Crippen LogP contribution in [0.15, 0.2) is 22.5 Å². The fraction of sp³-hybridized carbons (Fsp3) is 0.533. The second-order valence-electron chi connectivity index (χ2n) is 4.69. The Morgan fingerprint density at radius 1 is 1.00 bits per heavy atom. The Labute approximate surface area is 129 Å². The summed E-state index contributed by atoms with van der Waals surface area (Å²) < 4.78 is 10.0. The molecule has 0 saturated carbocycles. The molecular formula is C15H22N2O5. The molecular weight excluding hydrogens is 288 g/mol. The predicted molar refractivity (Wildman–Crippen MR) is 79.4 cm³/mol. The molecule has 7 heteroatoms. The quantitative estimate of drug-likeness (QED) is 0.723. The van der Waals surface area contributed by atoms with E-state index < -0.39 is 23.8 Å². The van der Waals surface area contributed by atoms with Crippen molar-refractivity contribution in [2.45, 2.75) is 27.7 Å². The van der Waals surface area contributed by atoms with Crippen LogP contribution in [0.25, 0.3) is 0 Å². The second kappa shape index (κ2) is 7.63. The van der Waals surface area contributed by atoms with Gasteiger partial charge in [0, 0.05) is 18.4 Å². The molecule has 2 N–H and O–H groups in total. The SMILES string of the molecule is CCOC(=O)C1=C(C)NC(C)=C(C(=O)OCC)C1C(=O)NC. The van der Waals surface area contributed by atoms with Crippen molar-refractivity contribution in [3.8, 4) is 0 Å². The molecule has 0 unspecified atom stereocenters. The minimum absolute atomic E-state index is 0.120. The van der Waals surface area contributed by atoms with Crippen molar-refractivity contribution >= 4 is 17.8 Å². The van der Waals surface area contributed by atoms with Gasteiger partial charge in [-0.25, -0.2) is 9.59 Å². The van der Waals surface area contributed by atoms with Crippen LogP contribution in [0.1, 0.15) is 27.7 Å². The van der Waals surface area contributed by atoms with E-state index in [0.717, 1.165) is 0 Å². The van der Waals surface area contributed by atoms with Crippen LogP contribution in [-0.2, 0) is 23.9 Å². The number of ether oxygens (including phenoxy) is 2. The summed E-state index contributed by atoms with van der Waals surface area (Å²) in [5.74, 6) is -2.78. The maximum atomic E-state index is 12.3. The fourth-order valence-electron chi connectivity index (χ4n) is 2.36. The number of allylic oxidation sites excluding steroid dienone is 2. The minimum Gasteiger partial charge on any atom is -0.463 e. The third kappa shape index (κ3) is 3.47. The molecule has 0 radical (unpaired) electrons. The lowest BCUT2D eigenvalue weighted by molar-refractivity contribution is -0.142. The molecule has 1 rings (SSSR count). The summed E-state index contributed by atoms with van der Waals surface area (Å²) >= 11 is 0. The van der Waals surface area contributed by atoms with Gasteiger partial charge in [0.1, 0.15) is 5.92 Å². The van der Waals surface area contributed by atoms with Gasteiger partial charge in [-0.15, -0.1) is 0 Å². The van der Waals surface area contributed by atoms with Gasteiger partial charge in [-0.2, -0.15) is 0 Å². The summed E-state index contributed by atoms with van der Waals surface area (Å²) in [5, 5.41) is 5.42. The van der Waals surface area contributed by atoms with E-state index in [4.69, 9.17) is 9.47 Å². The van der Waals surface area contributed by atoms with E-state index in [1.165, 1.54) is 7.05 Å². The lowest BCUT2D eigenvalue weighted by atomic mass is 9.84. The van der Waals surface area contributed by atoms with Crippen LogP contribution < -0.4 is 10.6 Å². The standard InChI is InChI=1S/C15H22N2O5/c1-6-21-14(19)10-8(3)17-9(4)11(15(20)22-7-2)12(10)13(18)16-5/h12,17H,6-7H2,1-5H3,(H,16,18). The summed E-state index contributed by atoms with van der Waals surface area (Å²) in [5.41, 5.74) is 1.21. The number of carbonyl (C=O) groups is 3. The average Bonchev–Trinajstić information content (AvgIpc) is 2.45. The maximum absolute atomic E-state index is 12.3. The molecule has 0 aromatic rings. The fourth-order valence-corrected chi connectivity index (χ4v) is 2.36. The number of nitrogens with one attached hydrogen (secondary N) is 2. The Bertz CT molecular complexity index is 508. The maximum Gasteiger partial charge on any atom is 0.336 e. The normalized spacial score (nSPS) is 15.3. The van der Waals surface area contributed by atoms with E-state index in [-0.39, 0.29) is 24.4 Å². The number of esters is 2. The number of hydrogen-bond donors (Lipinski definition) is 2. The molecule has 1 aliphatic heterocycles. The van der Waals surface area contributed by atoms with Crippen molar-refractivity contribution < 1.29 is 23.9 Å². The van der Waals surface area contributed by atoms with E-state index in [9.17, 15) is 14.4 Å². The highest BCUT2D eigenvalue weighted by Gasteiger charge is 2.40. The molecule has 0 saturated heterocycles. The van der Waals surface area contributed by atoms with Crippen LogP contribution in [0.4, 0.5) is 0 Å². The highest BCUT2D eigenvalue weighted by Crippen LogP contribution is 2.31. The summed E-state index contributed by atoms with van der Waals surface area (Å²) in [6, 6.07) is 0. The van der Waals surface area contributed by atoms with Gasteiger partial charge in [0.2, 0.25) is 5.91 Å². The molecule has 1 aliphatic rings. The highest BCUT2D eigenvalue weighted by molar-refractivity contribution is 6.06. The first-order valence-electron chi connectivity index (χ1n) is 7.13. The number of amides is 1. The molecule has 1 heterocycles. The van der Waals surface area contributed by atoms with Gasteiger partial charge in [0.25, 0.3) is 0 Å². The molecule has 0 bridgehead atoms. The molecule has 22 heavy (non-hydrogen) atoms. The number of dihydropyridines is 1. The van der Waals surface area contributed by atoms with Crippen LogP contribution in [-0.4, -0.2) is 38.1 Å². The van der Waals surface area contributed by atoms with Crippen LogP contribution >= 0.6 is 0 Å². The van der Waals surface area contributed by atoms with Crippen molar-refractivity contribution in [1.29, 1.82) is 0 Å². The number of hydrogen-bond acceptors (Lipinski definition) is 6. The van der Waals surface area contributed by atoms with E-state index in [1.807, 2.05) is 0 Å². The molecule has 7 nitrogen and oxygen atoms in total. The first-order valence-corrected chi connectivity index (χ1v) is 7.13. The van der Waals surface area contributed by atoms with Gasteiger partial charge in [-0.05, 0) is 27.7 Å². The molecule has 0 aromatic heterocycles. The van der Waals surface area contributed by atoms with Crippen molar-refractivity contribution in [2.24, 2.45) is 5.92 Å². The minimum atomic E-state index is -1.05. The van der Waals surface area contributed by atoms with Gasteiger partial charge in [0.15, 0.2) is 0 Å². The zero-order valence-corrected chi connectivity index (χ0v) is 13.5. The topological polar surface area (TPSA) is 93.7 Å². The highest BCUT2D eigenvalue weighted by atomic mass is 16.5. The van der Waals surface area contributed by atoms with E-state index >= 15 is 0 Å². The van der Waals surface area contributed by atoms with Gasteiger partial charge in [-0.3, -0.25) is 4.79 Å². The monoisotopic (exact) mass is 310 g/mol. The lowest BCUT2D eigenvalue weighted by Gasteiger charge is -2.28. The predicted octanol–water partition coefficient (Wildman–Crippen LogP) is 0.626. The Hall–Kier alpha value is -2.31. The Kier molecular flexibility index (Phi) is 6.15. The van der Waals surface area contributed by atoms with Gasteiger partial charge >= 0.3 is 11.9 Å². The molecule has 122 valence electrons. The first-order chi connectivity index (χ1) is 10.4. The molecule has 0 fully saturated rings. The zero-order chi connectivity index (χ0) is 16.9. The molecule has 1 amide bonds. The molecule has 0 aromatic carbocycles. The van der Waals surface area contributed by atoms with Gasteiger partial charge in [0.05, 0.1) is 24.4 Å². The van der Waals surface area contributed by atoms with Crippen molar-refractivity contribution in [3.05, 3.63) is 22.5 Å². The Morgan fingerprint density at radius 2 is 1.41 bits per heavy atom. The Balaban J connectivity index is 3.38. The van der Waals surface area contributed by atoms with Gasteiger partial charge < -0.3 is 20.1 Å². The summed E-state index contributed by atoms with van der Waals surface area (Å²) in [7, 11) is 1.45. The van der Waals surface area contributed by atoms with E-state index in [2.05, 4.69) is 10.6 Å². The Morgan fingerprint density at radius 3 is 1.73 bits per heavy atom. The van der Waals surface area contributed by atoms with Crippen molar-refractivity contribution in [2.75, 3.05) is 20.3 Å². The lowest BCUT2D eigenvalue weighted by Crippen LogP contribution is -2.41. The third-order valence-corrected chi connectivity index (χ3v) is 3.26. The average molecular weight is 310 g/mol.